The predicted molar refractivity (Wildman–Crippen MR) is 69.4 cm³/mol. The van der Waals surface area contributed by atoms with Crippen LogP contribution in [0.5, 0.6) is 5.75 Å². The van der Waals surface area contributed by atoms with E-state index in [4.69, 9.17) is 15.6 Å². The number of nitrogens with two attached hydrogens (primary N) is 1. The number of benzene rings is 1. The zero-order valence-corrected chi connectivity index (χ0v) is 10.4. The molecule has 1 aliphatic rings. The molecule has 0 radical (unpaired) electrons. The van der Waals surface area contributed by atoms with Gasteiger partial charge in [0.15, 0.2) is 6.61 Å². The van der Waals surface area contributed by atoms with Crippen molar-refractivity contribution in [3.05, 3.63) is 18.2 Å². The van der Waals surface area contributed by atoms with E-state index in [0.717, 1.165) is 0 Å². The number of aliphatic carboxylic acids is 1. The molecule has 1 aromatic carbocycles. The average Bonchev–Trinajstić information content (AvgIpc) is 2.37. The minimum absolute atomic E-state index is 0.0534. The maximum absolute atomic E-state index is 11.7. The first-order chi connectivity index (χ1) is 9.45. The number of hydrogen-bond acceptors (Lipinski definition) is 5. The molecule has 1 aromatic rings. The number of carboxylic acids is 1. The number of fused-ring (bicyclic) bond motifs is 1. The normalized spacial score (nSPS) is 14.6. The number of hydrogen-bond donors (Lipinski definition) is 4. The Labute approximate surface area is 113 Å². The summed E-state index contributed by atoms with van der Waals surface area (Å²) in [7, 11) is 0. The van der Waals surface area contributed by atoms with Crippen molar-refractivity contribution in [2.24, 2.45) is 5.73 Å². The summed E-state index contributed by atoms with van der Waals surface area (Å²) in [6, 6.07) is 3.53. The molecule has 0 bridgehead atoms. The van der Waals surface area contributed by atoms with E-state index < -0.39 is 24.3 Å². The van der Waals surface area contributed by atoms with Crippen LogP contribution in [0.15, 0.2) is 18.2 Å². The molecule has 5 N–H and O–H groups in total. The number of carboxylic acid groups (broad SMARTS) is 1. The topological polar surface area (TPSA) is 131 Å². The summed E-state index contributed by atoms with van der Waals surface area (Å²) in [6.07, 6.45) is -0.462. The van der Waals surface area contributed by atoms with E-state index in [0.29, 0.717) is 17.1 Å². The van der Waals surface area contributed by atoms with E-state index in [-0.39, 0.29) is 12.5 Å². The van der Waals surface area contributed by atoms with Crippen LogP contribution in [-0.2, 0) is 14.4 Å². The summed E-state index contributed by atoms with van der Waals surface area (Å²) in [4.78, 5) is 33.3. The summed E-state index contributed by atoms with van der Waals surface area (Å²) in [5.41, 5.74) is 6.26. The van der Waals surface area contributed by atoms with E-state index in [2.05, 4.69) is 10.6 Å². The summed E-state index contributed by atoms with van der Waals surface area (Å²) in [5, 5.41) is 13.6. The molecule has 20 heavy (non-hydrogen) atoms. The Bertz CT molecular complexity index is 572. The molecule has 2 amide bonds. The van der Waals surface area contributed by atoms with Crippen LogP contribution in [0.1, 0.15) is 6.42 Å². The third kappa shape index (κ3) is 3.23. The number of amides is 2. The van der Waals surface area contributed by atoms with Crippen LogP contribution >= 0.6 is 0 Å². The highest BCUT2D eigenvalue weighted by atomic mass is 16.5. The monoisotopic (exact) mass is 279 g/mol. The minimum Gasteiger partial charge on any atom is -0.482 e. The fourth-order valence-corrected chi connectivity index (χ4v) is 1.68. The molecule has 0 saturated carbocycles. The summed E-state index contributed by atoms with van der Waals surface area (Å²) >= 11 is 0. The third-order valence-electron chi connectivity index (χ3n) is 2.61. The van der Waals surface area contributed by atoms with Gasteiger partial charge in [0.1, 0.15) is 5.75 Å². The van der Waals surface area contributed by atoms with Crippen LogP contribution < -0.4 is 21.1 Å². The number of carbonyl (C=O) groups excluding carboxylic acids is 2. The van der Waals surface area contributed by atoms with E-state index in [1.54, 1.807) is 12.1 Å². The molecule has 0 saturated heterocycles. The molecule has 1 unspecified atom stereocenters. The molecule has 0 aliphatic carbocycles. The number of carbonyl (C=O) groups is 3. The van der Waals surface area contributed by atoms with Crippen LogP contribution in [0.25, 0.3) is 0 Å². The van der Waals surface area contributed by atoms with E-state index >= 15 is 0 Å². The zero-order chi connectivity index (χ0) is 14.7. The maximum atomic E-state index is 11.7. The van der Waals surface area contributed by atoms with Gasteiger partial charge in [0, 0.05) is 5.69 Å². The van der Waals surface area contributed by atoms with Gasteiger partial charge in [0.25, 0.3) is 5.91 Å². The zero-order valence-electron chi connectivity index (χ0n) is 10.4. The molecule has 0 aromatic heterocycles. The second-order valence-electron chi connectivity index (χ2n) is 4.24. The first-order valence-electron chi connectivity index (χ1n) is 5.80. The molecular formula is C12H13N3O5. The fraction of sp³-hybridized carbons (Fsp3) is 0.250. The minimum atomic E-state index is -1.15. The first kappa shape index (κ1) is 13.8. The second-order valence-corrected chi connectivity index (χ2v) is 4.24. The van der Waals surface area contributed by atoms with Gasteiger partial charge in [-0.3, -0.25) is 14.4 Å². The number of nitrogens with one attached hydrogen (secondary N) is 2. The quantitative estimate of drug-likeness (QED) is 0.601. The summed E-state index contributed by atoms with van der Waals surface area (Å²) in [5.74, 6) is -1.56. The standard InChI is InChI=1S/C12H13N3O5/c13-7(4-11(17)18)12(19)14-6-1-2-9-8(3-6)15-10(16)5-20-9/h1-3,7H,4-5,13H2,(H,14,19)(H,15,16)(H,17,18). The Balaban J connectivity index is 2.07. The Morgan fingerprint density at radius 2 is 2.25 bits per heavy atom. The van der Waals surface area contributed by atoms with Crippen LogP contribution in [0.3, 0.4) is 0 Å². The molecule has 1 aliphatic heterocycles. The van der Waals surface area contributed by atoms with Crippen LogP contribution in [-0.4, -0.2) is 35.5 Å². The maximum Gasteiger partial charge on any atom is 0.305 e. The van der Waals surface area contributed by atoms with Gasteiger partial charge in [-0.15, -0.1) is 0 Å². The number of rotatable bonds is 4. The van der Waals surface area contributed by atoms with E-state index in [1.165, 1.54) is 6.07 Å². The summed E-state index contributed by atoms with van der Waals surface area (Å²) in [6.45, 7) is -0.0534. The lowest BCUT2D eigenvalue weighted by Gasteiger charge is -2.19. The number of ether oxygens (including phenoxy) is 1. The molecule has 0 fully saturated rings. The van der Waals surface area contributed by atoms with Gasteiger partial charge in [-0.25, -0.2) is 0 Å². The lowest BCUT2D eigenvalue weighted by atomic mass is 10.2. The van der Waals surface area contributed by atoms with Crippen molar-refractivity contribution in [1.29, 1.82) is 0 Å². The molecular weight excluding hydrogens is 266 g/mol. The van der Waals surface area contributed by atoms with Crippen molar-refractivity contribution in [3.8, 4) is 5.75 Å². The molecule has 106 valence electrons. The van der Waals surface area contributed by atoms with Crippen LogP contribution in [0.2, 0.25) is 0 Å². The predicted octanol–water partition coefficient (Wildman–Crippen LogP) is -0.242. The van der Waals surface area contributed by atoms with Crippen molar-refractivity contribution >= 4 is 29.2 Å². The lowest BCUT2D eigenvalue weighted by Crippen LogP contribution is -2.37. The largest absolute Gasteiger partial charge is 0.482 e. The molecule has 0 spiro atoms. The molecule has 8 nitrogen and oxygen atoms in total. The van der Waals surface area contributed by atoms with Crippen molar-refractivity contribution < 1.29 is 24.2 Å². The van der Waals surface area contributed by atoms with E-state index in [9.17, 15) is 14.4 Å². The highest BCUT2D eigenvalue weighted by molar-refractivity contribution is 5.99. The molecule has 2 rings (SSSR count). The first-order valence-corrected chi connectivity index (χ1v) is 5.80. The Morgan fingerprint density at radius 3 is 2.95 bits per heavy atom. The summed E-state index contributed by atoms with van der Waals surface area (Å²) < 4.78 is 5.17. The van der Waals surface area contributed by atoms with Gasteiger partial charge < -0.3 is 26.2 Å². The van der Waals surface area contributed by atoms with Gasteiger partial charge in [-0.2, -0.15) is 0 Å². The van der Waals surface area contributed by atoms with Crippen LogP contribution in [0.4, 0.5) is 11.4 Å². The van der Waals surface area contributed by atoms with Gasteiger partial charge in [0.2, 0.25) is 5.91 Å². The average molecular weight is 279 g/mol. The van der Waals surface area contributed by atoms with Crippen molar-refractivity contribution in [1.82, 2.24) is 0 Å². The van der Waals surface area contributed by atoms with Gasteiger partial charge in [-0.05, 0) is 18.2 Å². The number of anilines is 2. The lowest BCUT2D eigenvalue weighted by molar-refractivity contribution is -0.138. The smallest absolute Gasteiger partial charge is 0.305 e. The van der Waals surface area contributed by atoms with E-state index in [1.807, 2.05) is 0 Å². The van der Waals surface area contributed by atoms with Gasteiger partial charge in [0.05, 0.1) is 18.2 Å². The van der Waals surface area contributed by atoms with Crippen LogP contribution in [0, 0.1) is 0 Å². The molecule has 1 atom stereocenters. The third-order valence-corrected chi connectivity index (χ3v) is 2.61. The second kappa shape index (κ2) is 5.57. The van der Waals surface area contributed by atoms with Crippen molar-refractivity contribution in [2.75, 3.05) is 17.2 Å². The highest BCUT2D eigenvalue weighted by Gasteiger charge is 2.19. The Hall–Kier alpha value is -2.61. The molecule has 8 heteroatoms. The highest BCUT2D eigenvalue weighted by Crippen LogP contribution is 2.30. The van der Waals surface area contributed by atoms with Gasteiger partial charge >= 0.3 is 5.97 Å². The molecule has 1 heterocycles. The van der Waals surface area contributed by atoms with Gasteiger partial charge in [-0.1, -0.05) is 0 Å². The van der Waals surface area contributed by atoms with Crippen molar-refractivity contribution in [3.63, 3.8) is 0 Å². The SMILES string of the molecule is NC(CC(=O)O)C(=O)Nc1ccc2c(c1)NC(=O)CO2. The fourth-order valence-electron chi connectivity index (χ4n) is 1.68. The van der Waals surface area contributed by atoms with Crippen molar-refractivity contribution in [2.45, 2.75) is 12.5 Å². The Kier molecular flexibility index (Phi) is 3.85. The Morgan fingerprint density at radius 1 is 1.50 bits per heavy atom.